The molecule has 2 heterocycles. The van der Waals surface area contributed by atoms with Crippen molar-refractivity contribution >= 4 is 35.1 Å². The number of nitrogens with one attached hydrogen (secondary N) is 2. The van der Waals surface area contributed by atoms with Gasteiger partial charge in [-0.15, -0.1) is 11.3 Å². The largest absolute Gasteiger partial charge is 0.337 e. The quantitative estimate of drug-likeness (QED) is 0.775. The van der Waals surface area contributed by atoms with Gasteiger partial charge in [-0.2, -0.15) is 0 Å². The van der Waals surface area contributed by atoms with Crippen molar-refractivity contribution in [3.8, 4) is 11.3 Å². The zero-order valence-corrected chi connectivity index (χ0v) is 10.8. The molecule has 0 bridgehead atoms. The van der Waals surface area contributed by atoms with Crippen LogP contribution in [-0.4, -0.2) is 10.9 Å². The van der Waals surface area contributed by atoms with Gasteiger partial charge in [0.2, 0.25) is 5.91 Å². The number of benzene rings is 1. The number of anilines is 1. The van der Waals surface area contributed by atoms with Crippen molar-refractivity contribution in [3.05, 3.63) is 32.6 Å². The molecule has 0 atom stereocenters. The van der Waals surface area contributed by atoms with Crippen LogP contribution in [-0.2, 0) is 11.2 Å². The molecule has 0 aliphatic carbocycles. The van der Waals surface area contributed by atoms with E-state index < -0.39 is 0 Å². The molecule has 1 aliphatic heterocycles. The third-order valence-electron chi connectivity index (χ3n) is 2.84. The van der Waals surface area contributed by atoms with Gasteiger partial charge in [0.05, 0.1) is 12.1 Å². The van der Waals surface area contributed by atoms with E-state index in [1.807, 2.05) is 25.1 Å². The molecule has 3 rings (SSSR count). The maximum Gasteiger partial charge on any atom is 0.228 e. The Kier molecular flexibility index (Phi) is 2.38. The highest BCUT2D eigenvalue weighted by atomic mass is 32.1. The fourth-order valence-electron chi connectivity index (χ4n) is 2.07. The van der Waals surface area contributed by atoms with Crippen LogP contribution >= 0.6 is 23.6 Å². The molecule has 86 valence electrons. The number of aryl methyl sites for hydroxylation is 1. The fraction of sp³-hybridized carbons (Fsp3) is 0.167. The van der Waals surface area contributed by atoms with Crippen molar-refractivity contribution in [2.45, 2.75) is 13.3 Å². The number of rotatable bonds is 1. The Morgan fingerprint density at radius 1 is 1.41 bits per heavy atom. The number of carbonyl (C=O) groups excluding carboxylic acids is 1. The van der Waals surface area contributed by atoms with Gasteiger partial charge in [-0.3, -0.25) is 4.79 Å². The molecule has 1 aromatic carbocycles. The second-order valence-corrected chi connectivity index (χ2v) is 5.93. The first-order valence-corrected chi connectivity index (χ1v) is 6.49. The molecule has 17 heavy (non-hydrogen) atoms. The van der Waals surface area contributed by atoms with Crippen molar-refractivity contribution in [1.82, 2.24) is 4.98 Å². The smallest absolute Gasteiger partial charge is 0.228 e. The summed E-state index contributed by atoms with van der Waals surface area (Å²) in [5.41, 5.74) is 4.12. The van der Waals surface area contributed by atoms with Crippen LogP contribution in [0.2, 0.25) is 0 Å². The minimum absolute atomic E-state index is 0.0622. The van der Waals surface area contributed by atoms with Crippen LogP contribution in [0.1, 0.15) is 10.4 Å². The molecule has 2 N–H and O–H groups in total. The van der Waals surface area contributed by atoms with Crippen LogP contribution in [0.4, 0.5) is 5.69 Å². The number of hydrogen-bond acceptors (Lipinski definition) is 3. The number of aromatic amines is 1. The standard InChI is InChI=1S/C12H10N2OS2/c1-6-11(14-12(16)17-6)7-2-3-9-8(4-7)5-10(15)13-9/h2-4H,5H2,1H3,(H,13,15)(H,14,16). The Hall–Kier alpha value is -1.46. The maximum absolute atomic E-state index is 11.3. The van der Waals surface area contributed by atoms with Gasteiger partial charge in [0.15, 0.2) is 3.95 Å². The molecule has 0 fully saturated rings. The first-order chi connectivity index (χ1) is 8.13. The Balaban J connectivity index is 2.12. The number of aromatic nitrogens is 1. The van der Waals surface area contributed by atoms with Gasteiger partial charge < -0.3 is 10.3 Å². The van der Waals surface area contributed by atoms with Crippen LogP contribution in [0, 0.1) is 10.9 Å². The molecule has 0 unspecified atom stereocenters. The second kappa shape index (κ2) is 3.78. The van der Waals surface area contributed by atoms with E-state index in [4.69, 9.17) is 12.2 Å². The molecular formula is C12H10N2OS2. The third kappa shape index (κ3) is 1.81. The van der Waals surface area contributed by atoms with E-state index in [9.17, 15) is 4.79 Å². The molecule has 3 nitrogen and oxygen atoms in total. The van der Waals surface area contributed by atoms with Gasteiger partial charge in [-0.05, 0) is 42.4 Å². The summed E-state index contributed by atoms with van der Waals surface area (Å²) in [5.74, 6) is 0.0622. The van der Waals surface area contributed by atoms with Crippen molar-refractivity contribution in [1.29, 1.82) is 0 Å². The first-order valence-electron chi connectivity index (χ1n) is 5.26. The summed E-state index contributed by atoms with van der Waals surface area (Å²) in [7, 11) is 0. The number of amides is 1. The highest BCUT2D eigenvalue weighted by molar-refractivity contribution is 7.73. The van der Waals surface area contributed by atoms with E-state index in [1.165, 1.54) is 4.88 Å². The lowest BCUT2D eigenvalue weighted by Gasteiger charge is -2.03. The van der Waals surface area contributed by atoms with Crippen LogP contribution < -0.4 is 5.32 Å². The molecular weight excluding hydrogens is 252 g/mol. The van der Waals surface area contributed by atoms with Crippen LogP contribution in [0.25, 0.3) is 11.3 Å². The van der Waals surface area contributed by atoms with Crippen LogP contribution in [0.5, 0.6) is 0 Å². The lowest BCUT2D eigenvalue weighted by atomic mass is 10.1. The summed E-state index contributed by atoms with van der Waals surface area (Å²) < 4.78 is 0.784. The van der Waals surface area contributed by atoms with E-state index in [1.54, 1.807) is 11.3 Å². The van der Waals surface area contributed by atoms with Crippen LogP contribution in [0.15, 0.2) is 18.2 Å². The monoisotopic (exact) mass is 262 g/mol. The second-order valence-electron chi connectivity index (χ2n) is 4.04. The van der Waals surface area contributed by atoms with Gasteiger partial charge in [0, 0.05) is 10.6 Å². The Bertz CT molecular complexity index is 669. The van der Waals surface area contributed by atoms with Crippen molar-refractivity contribution < 1.29 is 4.79 Å². The molecule has 0 spiro atoms. The van der Waals surface area contributed by atoms with E-state index >= 15 is 0 Å². The summed E-state index contributed by atoms with van der Waals surface area (Å²) in [4.78, 5) is 15.6. The molecule has 5 heteroatoms. The lowest BCUT2D eigenvalue weighted by molar-refractivity contribution is -0.115. The zero-order valence-electron chi connectivity index (χ0n) is 9.16. The Labute approximate surface area is 108 Å². The SMILES string of the molecule is Cc1sc(=S)[nH]c1-c1ccc2c(c1)CC(=O)N2. The summed E-state index contributed by atoms with van der Waals surface area (Å²) in [6.45, 7) is 2.04. The molecule has 1 amide bonds. The summed E-state index contributed by atoms with van der Waals surface area (Å²) in [6.07, 6.45) is 0.465. The number of thiazole rings is 1. The van der Waals surface area contributed by atoms with Gasteiger partial charge in [0.25, 0.3) is 0 Å². The average molecular weight is 262 g/mol. The first kappa shape index (κ1) is 10.7. The van der Waals surface area contributed by atoms with Gasteiger partial charge >= 0.3 is 0 Å². The Morgan fingerprint density at radius 2 is 2.24 bits per heavy atom. The molecule has 0 saturated heterocycles. The van der Waals surface area contributed by atoms with E-state index in [2.05, 4.69) is 10.3 Å². The minimum atomic E-state index is 0.0622. The number of carbonyl (C=O) groups is 1. The molecule has 1 aliphatic rings. The topological polar surface area (TPSA) is 44.9 Å². The molecule has 0 radical (unpaired) electrons. The summed E-state index contributed by atoms with van der Waals surface area (Å²) >= 11 is 6.71. The van der Waals surface area contributed by atoms with Crippen LogP contribution in [0.3, 0.4) is 0 Å². The summed E-state index contributed by atoms with van der Waals surface area (Å²) in [5, 5.41) is 2.83. The van der Waals surface area contributed by atoms with Gasteiger partial charge in [0.1, 0.15) is 0 Å². The van der Waals surface area contributed by atoms with E-state index in [0.717, 1.165) is 26.5 Å². The molecule has 0 saturated carbocycles. The predicted octanol–water partition coefficient (Wildman–Crippen LogP) is 3.28. The number of H-pyrrole nitrogens is 1. The fourth-order valence-corrected chi connectivity index (χ4v) is 3.25. The zero-order chi connectivity index (χ0) is 12.0. The third-order valence-corrected chi connectivity index (χ3v) is 3.99. The van der Waals surface area contributed by atoms with Crippen molar-refractivity contribution in [3.63, 3.8) is 0 Å². The molecule has 1 aromatic heterocycles. The van der Waals surface area contributed by atoms with Gasteiger partial charge in [-0.1, -0.05) is 6.07 Å². The molecule has 2 aromatic rings. The number of hydrogen-bond donors (Lipinski definition) is 2. The van der Waals surface area contributed by atoms with E-state index in [0.29, 0.717) is 6.42 Å². The highest BCUT2D eigenvalue weighted by Crippen LogP contribution is 2.31. The predicted molar refractivity (Wildman–Crippen MR) is 72.0 cm³/mol. The van der Waals surface area contributed by atoms with Crippen molar-refractivity contribution in [2.75, 3.05) is 5.32 Å². The minimum Gasteiger partial charge on any atom is -0.337 e. The summed E-state index contributed by atoms with van der Waals surface area (Å²) in [6, 6.07) is 6.00. The van der Waals surface area contributed by atoms with E-state index in [-0.39, 0.29) is 5.91 Å². The maximum atomic E-state index is 11.3. The highest BCUT2D eigenvalue weighted by Gasteiger charge is 2.18. The van der Waals surface area contributed by atoms with Crippen molar-refractivity contribution in [2.24, 2.45) is 0 Å². The lowest BCUT2D eigenvalue weighted by Crippen LogP contribution is -2.03. The normalized spacial score (nSPS) is 13.6. The Morgan fingerprint density at radius 3 is 2.94 bits per heavy atom. The number of fused-ring (bicyclic) bond motifs is 1. The van der Waals surface area contributed by atoms with Gasteiger partial charge in [-0.25, -0.2) is 0 Å². The average Bonchev–Trinajstić information content (AvgIpc) is 2.78.